The van der Waals surface area contributed by atoms with Crippen molar-refractivity contribution in [2.75, 3.05) is 18.1 Å². The van der Waals surface area contributed by atoms with Crippen molar-refractivity contribution in [1.82, 2.24) is 0 Å². The van der Waals surface area contributed by atoms with E-state index in [1.54, 1.807) is 6.92 Å². The zero-order valence-electron chi connectivity index (χ0n) is 10.0. The van der Waals surface area contributed by atoms with Crippen molar-refractivity contribution in [3.8, 4) is 0 Å². The van der Waals surface area contributed by atoms with Crippen molar-refractivity contribution >= 4 is 15.7 Å². The Bertz CT molecular complexity index is 301. The summed E-state index contributed by atoms with van der Waals surface area (Å²) in [7, 11) is -2.58. The summed E-state index contributed by atoms with van der Waals surface area (Å²) in [5.74, 6) is 0.0830. The minimum absolute atomic E-state index is 0.174. The van der Waals surface area contributed by atoms with Gasteiger partial charge in [-0.25, -0.2) is 4.21 Å². The maximum Gasteiger partial charge on any atom is 0.322 e. The molecule has 96 valence electrons. The summed E-state index contributed by atoms with van der Waals surface area (Å²) in [6.45, 7) is 3.98. The van der Waals surface area contributed by atoms with E-state index >= 15 is 0 Å². The van der Waals surface area contributed by atoms with Gasteiger partial charge < -0.3 is 10.5 Å². The lowest BCUT2D eigenvalue weighted by atomic mass is 10.2. The molecule has 0 aliphatic rings. The number of carbonyl (C=O) groups is 1. The Hall–Kier alpha value is -0.620. The topological polar surface area (TPSA) is 93.2 Å². The first-order valence-corrected chi connectivity index (χ1v) is 7.49. The molecule has 0 saturated carbocycles. The molecule has 0 aromatic heterocycles. The van der Waals surface area contributed by atoms with Gasteiger partial charge in [0.1, 0.15) is 6.04 Å². The lowest BCUT2D eigenvalue weighted by molar-refractivity contribution is -0.144. The standard InChI is InChI=1S/C10H22N2O3S/c1-3-5-7-16(12,14)8-6-9(11)10(13)15-4-2/h9,12H,3-8,11H2,1-2H3. The van der Waals surface area contributed by atoms with Crippen LogP contribution in [0.25, 0.3) is 0 Å². The van der Waals surface area contributed by atoms with Crippen LogP contribution in [0.1, 0.15) is 33.1 Å². The Morgan fingerprint density at radius 1 is 1.44 bits per heavy atom. The minimum atomic E-state index is -2.58. The van der Waals surface area contributed by atoms with Gasteiger partial charge in [-0.3, -0.25) is 9.57 Å². The molecule has 0 saturated heterocycles. The molecular weight excluding hydrogens is 228 g/mol. The molecule has 0 rings (SSSR count). The molecule has 0 amide bonds. The summed E-state index contributed by atoms with van der Waals surface area (Å²) in [6, 6.07) is -0.757. The average Bonchev–Trinajstić information content (AvgIpc) is 2.23. The highest BCUT2D eigenvalue weighted by molar-refractivity contribution is 7.92. The number of esters is 1. The summed E-state index contributed by atoms with van der Waals surface area (Å²) >= 11 is 0. The Balaban J connectivity index is 3.99. The minimum Gasteiger partial charge on any atom is -0.465 e. The van der Waals surface area contributed by atoms with E-state index in [-0.39, 0.29) is 12.2 Å². The summed E-state index contributed by atoms with van der Waals surface area (Å²) in [5.41, 5.74) is 5.56. The number of ether oxygens (including phenoxy) is 1. The van der Waals surface area contributed by atoms with Crippen molar-refractivity contribution in [1.29, 1.82) is 4.78 Å². The van der Waals surface area contributed by atoms with Crippen molar-refractivity contribution in [2.45, 2.75) is 39.2 Å². The van der Waals surface area contributed by atoms with Crippen molar-refractivity contribution in [3.05, 3.63) is 0 Å². The molecule has 16 heavy (non-hydrogen) atoms. The lowest BCUT2D eigenvalue weighted by Crippen LogP contribution is -2.34. The van der Waals surface area contributed by atoms with Gasteiger partial charge in [0.2, 0.25) is 0 Å². The quantitative estimate of drug-likeness (QED) is 0.631. The van der Waals surface area contributed by atoms with Crippen molar-refractivity contribution in [2.24, 2.45) is 5.73 Å². The van der Waals surface area contributed by atoms with Gasteiger partial charge in [-0.15, -0.1) is 0 Å². The number of hydrogen-bond acceptors (Lipinski definition) is 5. The van der Waals surface area contributed by atoms with Crippen LogP contribution < -0.4 is 5.73 Å². The fourth-order valence-electron chi connectivity index (χ4n) is 1.16. The smallest absolute Gasteiger partial charge is 0.322 e. The second kappa shape index (κ2) is 7.62. The van der Waals surface area contributed by atoms with Crippen LogP contribution in [-0.2, 0) is 19.3 Å². The number of carbonyl (C=O) groups excluding carboxylic acids is 1. The van der Waals surface area contributed by atoms with Gasteiger partial charge in [-0.05, 0) is 19.8 Å². The van der Waals surface area contributed by atoms with Crippen LogP contribution in [0, 0.1) is 4.78 Å². The molecule has 0 aliphatic carbocycles. The predicted octanol–water partition coefficient (Wildman–Crippen LogP) is 1.11. The van der Waals surface area contributed by atoms with Crippen LogP contribution in [0.2, 0.25) is 0 Å². The molecule has 0 aliphatic heterocycles. The predicted molar refractivity (Wildman–Crippen MR) is 64.7 cm³/mol. The van der Waals surface area contributed by atoms with E-state index in [0.717, 1.165) is 12.8 Å². The molecule has 5 nitrogen and oxygen atoms in total. The third-order valence-corrected chi connectivity index (χ3v) is 4.02. The second-order valence-corrected chi connectivity index (χ2v) is 6.16. The molecule has 0 radical (unpaired) electrons. The Morgan fingerprint density at radius 3 is 2.56 bits per heavy atom. The Labute approximate surface area is 97.7 Å². The fourth-order valence-corrected chi connectivity index (χ4v) is 2.76. The molecule has 0 bridgehead atoms. The van der Waals surface area contributed by atoms with Gasteiger partial charge in [-0.2, -0.15) is 0 Å². The SMILES string of the molecule is CCCCS(=N)(=O)CCC(N)C(=O)OCC. The molecule has 6 heteroatoms. The van der Waals surface area contributed by atoms with Crippen LogP contribution >= 0.6 is 0 Å². The van der Waals surface area contributed by atoms with Gasteiger partial charge in [0, 0.05) is 21.2 Å². The largest absolute Gasteiger partial charge is 0.465 e. The Kier molecular flexibility index (Phi) is 7.33. The van der Waals surface area contributed by atoms with Crippen LogP contribution in [0.15, 0.2) is 0 Å². The van der Waals surface area contributed by atoms with Gasteiger partial charge >= 0.3 is 5.97 Å². The Morgan fingerprint density at radius 2 is 2.06 bits per heavy atom. The van der Waals surface area contributed by atoms with E-state index in [0.29, 0.717) is 12.4 Å². The number of nitrogens with one attached hydrogen (secondary N) is 1. The second-order valence-electron chi connectivity index (χ2n) is 3.72. The van der Waals surface area contributed by atoms with Gasteiger partial charge in [0.05, 0.1) is 6.61 Å². The highest BCUT2D eigenvalue weighted by Gasteiger charge is 2.17. The summed E-state index contributed by atoms with van der Waals surface area (Å²) in [5, 5.41) is 0. The van der Waals surface area contributed by atoms with Crippen molar-refractivity contribution < 1.29 is 13.7 Å². The van der Waals surface area contributed by atoms with E-state index in [1.165, 1.54) is 0 Å². The fraction of sp³-hybridized carbons (Fsp3) is 0.900. The molecule has 0 spiro atoms. The molecule has 0 aromatic rings. The third kappa shape index (κ3) is 6.79. The average molecular weight is 250 g/mol. The summed E-state index contributed by atoms with van der Waals surface area (Å²) in [6.07, 6.45) is 1.95. The molecule has 3 N–H and O–H groups in total. The zero-order valence-corrected chi connectivity index (χ0v) is 10.8. The van der Waals surface area contributed by atoms with Crippen LogP contribution in [-0.4, -0.2) is 34.3 Å². The van der Waals surface area contributed by atoms with Crippen molar-refractivity contribution in [3.63, 3.8) is 0 Å². The molecular formula is C10H22N2O3S. The molecule has 0 aromatic carbocycles. The normalized spacial score (nSPS) is 16.4. The third-order valence-electron chi connectivity index (χ3n) is 2.18. The molecule has 2 unspecified atom stereocenters. The van der Waals surface area contributed by atoms with E-state index < -0.39 is 21.7 Å². The number of nitrogens with two attached hydrogens (primary N) is 1. The number of unbranched alkanes of at least 4 members (excludes halogenated alkanes) is 1. The first-order chi connectivity index (χ1) is 7.43. The first-order valence-electron chi connectivity index (χ1n) is 5.59. The first kappa shape index (κ1) is 15.4. The summed E-state index contributed by atoms with van der Waals surface area (Å²) in [4.78, 5) is 11.2. The van der Waals surface area contributed by atoms with E-state index in [2.05, 4.69) is 0 Å². The monoisotopic (exact) mass is 250 g/mol. The zero-order chi connectivity index (χ0) is 12.6. The highest BCUT2D eigenvalue weighted by atomic mass is 32.2. The van der Waals surface area contributed by atoms with Crippen LogP contribution in [0.3, 0.4) is 0 Å². The highest BCUT2D eigenvalue weighted by Crippen LogP contribution is 2.03. The van der Waals surface area contributed by atoms with E-state index in [1.807, 2.05) is 6.92 Å². The van der Waals surface area contributed by atoms with Gasteiger partial charge in [0.15, 0.2) is 0 Å². The van der Waals surface area contributed by atoms with E-state index in [4.69, 9.17) is 15.3 Å². The van der Waals surface area contributed by atoms with Crippen LogP contribution in [0.4, 0.5) is 0 Å². The maximum absolute atomic E-state index is 11.7. The lowest BCUT2D eigenvalue weighted by Gasteiger charge is -2.11. The van der Waals surface area contributed by atoms with Crippen LogP contribution in [0.5, 0.6) is 0 Å². The number of hydrogen-bond donors (Lipinski definition) is 2. The van der Waals surface area contributed by atoms with Gasteiger partial charge in [-0.1, -0.05) is 13.3 Å². The van der Waals surface area contributed by atoms with Gasteiger partial charge in [0.25, 0.3) is 0 Å². The maximum atomic E-state index is 11.7. The number of rotatable bonds is 8. The molecule has 0 fully saturated rings. The summed E-state index contributed by atoms with van der Waals surface area (Å²) < 4.78 is 24.0. The van der Waals surface area contributed by atoms with E-state index in [9.17, 15) is 9.00 Å². The molecule has 0 heterocycles. The molecule has 2 atom stereocenters.